The molecule has 3 rings (SSSR count). The van der Waals surface area contributed by atoms with Gasteiger partial charge in [0.15, 0.2) is 0 Å². The number of benzene rings is 2. The van der Waals surface area contributed by atoms with Crippen molar-refractivity contribution in [2.45, 2.75) is 38.6 Å². The lowest BCUT2D eigenvalue weighted by Gasteiger charge is -2.34. The number of methoxy groups -OCH3 is 1. The Bertz CT molecular complexity index is 1080. The Labute approximate surface area is 191 Å². The van der Waals surface area contributed by atoms with Crippen molar-refractivity contribution in [1.29, 1.82) is 0 Å². The molecule has 1 aliphatic heterocycles. The molecule has 1 unspecified atom stereocenters. The molecule has 2 aromatic rings. The highest BCUT2D eigenvalue weighted by Gasteiger charge is 2.37. The van der Waals surface area contributed by atoms with E-state index in [4.69, 9.17) is 9.47 Å². The molecule has 1 aliphatic rings. The van der Waals surface area contributed by atoms with Gasteiger partial charge in [-0.1, -0.05) is 12.1 Å². The molecular formula is C24H27FN2O6. The van der Waals surface area contributed by atoms with Gasteiger partial charge in [0.05, 0.1) is 19.1 Å². The molecule has 0 radical (unpaired) electrons. The van der Waals surface area contributed by atoms with E-state index >= 15 is 0 Å². The van der Waals surface area contributed by atoms with Gasteiger partial charge in [0.2, 0.25) is 0 Å². The lowest BCUT2D eigenvalue weighted by molar-refractivity contribution is -0.148. The quantitative estimate of drug-likeness (QED) is 0.637. The molecule has 0 aromatic heterocycles. The molecule has 176 valence electrons. The maximum atomic E-state index is 14.9. The van der Waals surface area contributed by atoms with Crippen LogP contribution in [-0.4, -0.2) is 48.2 Å². The van der Waals surface area contributed by atoms with E-state index in [1.54, 1.807) is 39.0 Å². The number of amides is 2. The highest BCUT2D eigenvalue weighted by molar-refractivity contribution is 5.97. The van der Waals surface area contributed by atoms with E-state index in [-0.39, 0.29) is 24.4 Å². The molecular weight excluding hydrogens is 431 g/mol. The summed E-state index contributed by atoms with van der Waals surface area (Å²) in [5, 5.41) is 12.2. The predicted molar refractivity (Wildman–Crippen MR) is 119 cm³/mol. The van der Waals surface area contributed by atoms with E-state index in [0.29, 0.717) is 17.7 Å². The van der Waals surface area contributed by atoms with Gasteiger partial charge in [-0.3, -0.25) is 14.5 Å². The van der Waals surface area contributed by atoms with Crippen LogP contribution in [0, 0.1) is 5.82 Å². The van der Waals surface area contributed by atoms with Crippen LogP contribution in [0.4, 0.5) is 14.9 Å². The highest BCUT2D eigenvalue weighted by Crippen LogP contribution is 2.34. The standard InChI is InChI=1S/C24H27FN2O6/c1-5-33-22(29)24(2,3)18-9-6-15(13-19(18)25)26-21(28)20-17-8-7-16(32-4)12-14(17)10-11-27(20)23(30)31/h6-9,12-13,20H,5,10-11H2,1-4H3,(H,26,28)(H,30,31). The second-order valence-electron chi connectivity index (χ2n) is 8.22. The summed E-state index contributed by atoms with van der Waals surface area (Å²) in [7, 11) is 1.53. The number of esters is 1. The molecule has 0 fully saturated rings. The van der Waals surface area contributed by atoms with Crippen molar-refractivity contribution in [2.24, 2.45) is 0 Å². The topological polar surface area (TPSA) is 105 Å². The smallest absolute Gasteiger partial charge is 0.408 e. The molecule has 0 spiro atoms. The maximum absolute atomic E-state index is 14.9. The Balaban J connectivity index is 1.89. The fourth-order valence-electron chi connectivity index (χ4n) is 3.95. The first kappa shape index (κ1) is 24.0. The van der Waals surface area contributed by atoms with Crippen LogP contribution in [-0.2, 0) is 26.2 Å². The third-order valence-electron chi connectivity index (χ3n) is 5.77. The SMILES string of the molecule is CCOC(=O)C(C)(C)c1ccc(NC(=O)C2c3ccc(OC)cc3CCN2C(=O)O)cc1F. The monoisotopic (exact) mass is 458 g/mol. The van der Waals surface area contributed by atoms with Crippen LogP contribution < -0.4 is 10.1 Å². The van der Waals surface area contributed by atoms with Crippen LogP contribution in [0.3, 0.4) is 0 Å². The van der Waals surface area contributed by atoms with Gasteiger partial charge in [-0.25, -0.2) is 9.18 Å². The predicted octanol–water partition coefficient (Wildman–Crippen LogP) is 3.89. The number of carboxylic acid groups (broad SMARTS) is 1. The molecule has 0 saturated heterocycles. The Kier molecular flexibility index (Phi) is 6.90. The number of halogens is 1. The largest absolute Gasteiger partial charge is 0.497 e. The molecule has 1 heterocycles. The number of hydrogen-bond donors (Lipinski definition) is 2. The van der Waals surface area contributed by atoms with Crippen molar-refractivity contribution in [3.05, 3.63) is 58.9 Å². The van der Waals surface area contributed by atoms with Crippen LogP contribution >= 0.6 is 0 Å². The Hall–Kier alpha value is -3.62. The minimum atomic E-state index is -1.23. The molecule has 2 N–H and O–H groups in total. The van der Waals surface area contributed by atoms with Crippen molar-refractivity contribution in [1.82, 2.24) is 4.90 Å². The van der Waals surface area contributed by atoms with Crippen LogP contribution in [0.25, 0.3) is 0 Å². The number of hydrogen-bond acceptors (Lipinski definition) is 5. The number of fused-ring (bicyclic) bond motifs is 1. The molecule has 0 saturated carbocycles. The minimum Gasteiger partial charge on any atom is -0.497 e. The first-order valence-electron chi connectivity index (χ1n) is 10.5. The number of nitrogens with zero attached hydrogens (tertiary/aromatic N) is 1. The van der Waals surface area contributed by atoms with Crippen LogP contribution in [0.5, 0.6) is 5.75 Å². The number of nitrogens with one attached hydrogen (secondary N) is 1. The summed E-state index contributed by atoms with van der Waals surface area (Å²) < 4.78 is 25.1. The zero-order chi connectivity index (χ0) is 24.3. The zero-order valence-corrected chi connectivity index (χ0v) is 19.0. The molecule has 2 amide bonds. The second-order valence-corrected chi connectivity index (χ2v) is 8.22. The van der Waals surface area contributed by atoms with Gasteiger partial charge in [-0.15, -0.1) is 0 Å². The molecule has 9 heteroatoms. The summed E-state index contributed by atoms with van der Waals surface area (Å²) in [6.07, 6.45) is -0.788. The van der Waals surface area contributed by atoms with Crippen LogP contribution in [0.1, 0.15) is 43.5 Å². The summed E-state index contributed by atoms with van der Waals surface area (Å²) in [6, 6.07) is 8.00. The van der Waals surface area contributed by atoms with Crippen molar-refractivity contribution < 1.29 is 33.4 Å². The Morgan fingerprint density at radius 2 is 1.94 bits per heavy atom. The van der Waals surface area contributed by atoms with Gasteiger partial charge >= 0.3 is 12.1 Å². The van der Waals surface area contributed by atoms with E-state index < -0.39 is 35.2 Å². The highest BCUT2D eigenvalue weighted by atomic mass is 19.1. The lowest BCUT2D eigenvalue weighted by Crippen LogP contribution is -2.44. The summed E-state index contributed by atoms with van der Waals surface area (Å²) in [5.41, 5.74) is 0.407. The normalized spacial score (nSPS) is 15.4. The molecule has 8 nitrogen and oxygen atoms in total. The van der Waals surface area contributed by atoms with Gasteiger partial charge in [0.25, 0.3) is 5.91 Å². The number of carbonyl (C=O) groups is 3. The second kappa shape index (κ2) is 9.48. The first-order valence-corrected chi connectivity index (χ1v) is 10.5. The minimum absolute atomic E-state index is 0.126. The number of anilines is 1. The van der Waals surface area contributed by atoms with E-state index in [1.807, 2.05) is 0 Å². The van der Waals surface area contributed by atoms with Gasteiger partial charge in [-0.05, 0) is 62.6 Å². The van der Waals surface area contributed by atoms with Crippen LogP contribution in [0.2, 0.25) is 0 Å². The molecule has 1 atom stereocenters. The fourth-order valence-corrected chi connectivity index (χ4v) is 3.95. The van der Waals surface area contributed by atoms with Gasteiger partial charge in [0, 0.05) is 17.8 Å². The van der Waals surface area contributed by atoms with Gasteiger partial charge < -0.3 is 19.9 Å². The number of rotatable bonds is 6. The average molecular weight is 458 g/mol. The average Bonchev–Trinajstić information content (AvgIpc) is 2.77. The van der Waals surface area contributed by atoms with Crippen LogP contribution in [0.15, 0.2) is 36.4 Å². The van der Waals surface area contributed by atoms with E-state index in [0.717, 1.165) is 16.5 Å². The Morgan fingerprint density at radius 1 is 1.21 bits per heavy atom. The molecule has 2 aromatic carbocycles. The van der Waals surface area contributed by atoms with E-state index in [9.17, 15) is 23.9 Å². The third kappa shape index (κ3) is 4.76. The molecule has 0 bridgehead atoms. The van der Waals surface area contributed by atoms with Crippen molar-refractivity contribution >= 4 is 23.7 Å². The van der Waals surface area contributed by atoms with Crippen molar-refractivity contribution in [3.8, 4) is 5.75 Å². The molecule has 33 heavy (non-hydrogen) atoms. The van der Waals surface area contributed by atoms with Crippen molar-refractivity contribution in [3.63, 3.8) is 0 Å². The zero-order valence-electron chi connectivity index (χ0n) is 19.0. The third-order valence-corrected chi connectivity index (χ3v) is 5.77. The molecule has 0 aliphatic carbocycles. The summed E-state index contributed by atoms with van der Waals surface area (Å²) in [4.78, 5) is 38.2. The number of carbonyl (C=O) groups excluding carboxylic acids is 2. The van der Waals surface area contributed by atoms with Gasteiger partial charge in [-0.2, -0.15) is 0 Å². The van der Waals surface area contributed by atoms with E-state index in [2.05, 4.69) is 5.32 Å². The number of ether oxygens (including phenoxy) is 2. The lowest BCUT2D eigenvalue weighted by atomic mass is 9.84. The summed E-state index contributed by atoms with van der Waals surface area (Å²) in [5.74, 6) is -1.25. The summed E-state index contributed by atoms with van der Waals surface area (Å²) in [6.45, 7) is 5.09. The van der Waals surface area contributed by atoms with Gasteiger partial charge in [0.1, 0.15) is 17.6 Å². The van der Waals surface area contributed by atoms with Crippen molar-refractivity contribution in [2.75, 3.05) is 25.6 Å². The Morgan fingerprint density at radius 3 is 2.55 bits per heavy atom. The maximum Gasteiger partial charge on any atom is 0.408 e. The summed E-state index contributed by atoms with van der Waals surface area (Å²) >= 11 is 0. The van der Waals surface area contributed by atoms with E-state index in [1.165, 1.54) is 19.2 Å². The fraction of sp³-hybridized carbons (Fsp3) is 0.375. The first-order chi connectivity index (χ1) is 15.6.